The van der Waals surface area contributed by atoms with Gasteiger partial charge in [-0.05, 0) is 0 Å². The van der Waals surface area contributed by atoms with E-state index in [9.17, 15) is 0 Å². The quantitative estimate of drug-likeness (QED) is 0.522. The average molecular weight is 349 g/mol. The molecule has 2 N–H and O–H groups in total. The molecule has 0 saturated heterocycles. The monoisotopic (exact) mass is 350 g/mol. The predicted octanol–water partition coefficient (Wildman–Crippen LogP) is -1.51. The molecule has 0 amide bonds. The van der Waals surface area contributed by atoms with Crippen LogP contribution in [0.3, 0.4) is 0 Å². The second kappa shape index (κ2) is 6.83. The molecule has 0 aromatic carbocycles. The molecule has 4 nitrogen and oxygen atoms in total. The van der Waals surface area contributed by atoms with Gasteiger partial charge in [0.05, 0.1) is 0 Å². The van der Waals surface area contributed by atoms with E-state index in [2.05, 4.69) is 0 Å². The van der Waals surface area contributed by atoms with E-state index in [1.807, 2.05) is 0 Å². The van der Waals surface area contributed by atoms with Crippen LogP contribution in [0.2, 0.25) is 0 Å². The van der Waals surface area contributed by atoms with Gasteiger partial charge in [-0.2, -0.15) is 0 Å². The third kappa shape index (κ3) is 53.3. The van der Waals surface area contributed by atoms with Crippen LogP contribution in [0, 0.1) is 35.6 Å². The largest absolute Gasteiger partial charge is 2.00 e. The SMILES string of the molecule is [H-].[H-].[La].[O]=[Mn](=[O])([OH])[OH].[Sr+2]. The zero-order valence-electron chi connectivity index (χ0n) is 5.37. The fourth-order valence-electron chi connectivity index (χ4n) is 0. The zero-order valence-corrected chi connectivity index (χ0v) is 11.7. The summed E-state index contributed by atoms with van der Waals surface area (Å²) in [5, 5.41) is 0. The van der Waals surface area contributed by atoms with Gasteiger partial charge in [0.25, 0.3) is 0 Å². The minimum atomic E-state index is -5.12. The van der Waals surface area contributed by atoms with Crippen molar-refractivity contribution < 1.29 is 67.9 Å². The van der Waals surface area contributed by atoms with Crippen LogP contribution in [0.5, 0.6) is 0 Å². The van der Waals surface area contributed by atoms with Crippen LogP contribution in [0.25, 0.3) is 0 Å². The number of hydrogen-bond acceptors (Lipinski definition) is 2. The Kier molecular flexibility index (Phi) is 16.0. The molecule has 0 spiro atoms. The van der Waals surface area contributed by atoms with Crippen LogP contribution < -0.4 is 0 Å². The third-order valence-corrected chi connectivity index (χ3v) is 0. The molecule has 0 aliphatic heterocycles. The molecule has 0 fully saturated rings. The fraction of sp³-hybridized carbons (Fsp3) is 0. The van der Waals surface area contributed by atoms with Crippen molar-refractivity contribution in [2.75, 3.05) is 0 Å². The van der Waals surface area contributed by atoms with Gasteiger partial charge >= 0.3 is 74.9 Å². The first-order valence-electron chi connectivity index (χ1n) is 0.647. The first-order valence-corrected chi connectivity index (χ1v) is 2.67. The molecular formula is H4LaMnO4Sr. The van der Waals surface area contributed by atoms with Crippen LogP contribution in [0.1, 0.15) is 2.85 Å². The van der Waals surface area contributed by atoms with E-state index in [1.54, 1.807) is 0 Å². The van der Waals surface area contributed by atoms with Gasteiger partial charge in [-0.3, -0.25) is 0 Å². The van der Waals surface area contributed by atoms with E-state index >= 15 is 0 Å². The second-order valence-corrected chi connectivity index (χ2v) is 1.71. The summed E-state index contributed by atoms with van der Waals surface area (Å²) < 4.78 is 31.8. The zero-order chi connectivity index (χ0) is 4.50. The van der Waals surface area contributed by atoms with Gasteiger partial charge in [0.1, 0.15) is 0 Å². The molecule has 0 aliphatic rings. The first-order chi connectivity index (χ1) is 2.00. The summed E-state index contributed by atoms with van der Waals surface area (Å²) in [5.41, 5.74) is 0. The molecule has 1 radical (unpaired) electrons. The topological polar surface area (TPSA) is 74.6 Å². The van der Waals surface area contributed by atoms with E-state index in [0.717, 1.165) is 0 Å². The Morgan fingerprint density at radius 2 is 1.29 bits per heavy atom. The van der Waals surface area contributed by atoms with E-state index in [1.165, 1.54) is 0 Å². The number of hydrogen-bond donors (Lipinski definition) is 2. The molecule has 0 bridgehead atoms. The van der Waals surface area contributed by atoms with Crippen molar-refractivity contribution in [2.24, 2.45) is 0 Å². The van der Waals surface area contributed by atoms with Gasteiger partial charge in [-0.25, -0.2) is 0 Å². The molecule has 0 unspecified atom stereocenters. The number of rotatable bonds is 0. The Labute approximate surface area is 111 Å². The van der Waals surface area contributed by atoms with Crippen molar-refractivity contribution in [3.05, 3.63) is 0 Å². The van der Waals surface area contributed by atoms with E-state index in [0.29, 0.717) is 0 Å². The first kappa shape index (κ1) is 16.4. The Hall–Kier alpha value is 2.71. The molecular weight excluding hydrogens is 345 g/mol. The fourth-order valence-corrected chi connectivity index (χ4v) is 0. The van der Waals surface area contributed by atoms with Gasteiger partial charge in [-0.15, -0.1) is 0 Å². The van der Waals surface area contributed by atoms with Crippen LogP contribution in [-0.4, -0.2) is 53.9 Å². The summed E-state index contributed by atoms with van der Waals surface area (Å²) >= 11 is -5.12. The van der Waals surface area contributed by atoms with Crippen LogP contribution in [0.4, 0.5) is 0 Å². The summed E-state index contributed by atoms with van der Waals surface area (Å²) in [6, 6.07) is 0. The minimum absolute atomic E-state index is 0. The Bertz CT molecular complexity index is 102. The Morgan fingerprint density at radius 1 is 1.29 bits per heavy atom. The molecule has 7 heavy (non-hydrogen) atoms. The average Bonchev–Trinajstić information content (AvgIpc) is 0.722. The minimum Gasteiger partial charge on any atom is 2.00 e. The van der Waals surface area contributed by atoms with E-state index < -0.39 is 13.4 Å². The maximum atomic E-state index is 8.80. The summed E-state index contributed by atoms with van der Waals surface area (Å²) in [7, 11) is 0. The van der Waals surface area contributed by atoms with Gasteiger partial charge in [-0.1, -0.05) is 0 Å². The molecule has 0 heterocycles. The molecule has 0 aromatic rings. The Morgan fingerprint density at radius 3 is 1.29 bits per heavy atom. The van der Waals surface area contributed by atoms with Crippen molar-refractivity contribution in [3.8, 4) is 0 Å². The van der Waals surface area contributed by atoms with Gasteiger partial charge in [0.2, 0.25) is 0 Å². The molecule has 0 atom stereocenters. The van der Waals surface area contributed by atoms with Crippen LogP contribution >= 0.6 is 0 Å². The van der Waals surface area contributed by atoms with Crippen molar-refractivity contribution >= 4 is 45.5 Å². The summed E-state index contributed by atoms with van der Waals surface area (Å²) in [6.07, 6.45) is 0. The molecule has 40 valence electrons. The van der Waals surface area contributed by atoms with Crippen LogP contribution in [-0.2, 0) is 21.0 Å². The maximum absolute atomic E-state index is 8.80. The third-order valence-electron chi connectivity index (χ3n) is 0. The molecule has 7 heteroatoms. The van der Waals surface area contributed by atoms with Crippen molar-refractivity contribution in [3.63, 3.8) is 0 Å². The summed E-state index contributed by atoms with van der Waals surface area (Å²) in [5.74, 6) is 0. The molecule has 0 saturated carbocycles. The van der Waals surface area contributed by atoms with Gasteiger partial charge < -0.3 is 2.85 Å². The molecule has 0 aromatic heterocycles. The van der Waals surface area contributed by atoms with Crippen molar-refractivity contribution in [2.45, 2.75) is 0 Å². The predicted molar refractivity (Wildman–Crippen MR) is 13.8 cm³/mol. The van der Waals surface area contributed by atoms with E-state index in [4.69, 9.17) is 16.0 Å². The molecule has 0 aliphatic carbocycles. The Balaban J connectivity index is -0.0000000133. The summed E-state index contributed by atoms with van der Waals surface area (Å²) in [6.45, 7) is 0. The molecule has 0 rings (SSSR count). The van der Waals surface area contributed by atoms with Gasteiger partial charge in [0.15, 0.2) is 0 Å². The summed E-state index contributed by atoms with van der Waals surface area (Å²) in [4.78, 5) is 0. The van der Waals surface area contributed by atoms with Crippen molar-refractivity contribution in [1.29, 1.82) is 0 Å². The van der Waals surface area contributed by atoms with Gasteiger partial charge in [0, 0.05) is 35.6 Å². The standard InChI is InChI=1S/La.Mn.2H2O.2O.Sr.2H/h;;2*1H2;;;;;/q;+2;;;;;+2;2*-1/p-2. The smallest absolute Gasteiger partial charge is 2.00 e. The van der Waals surface area contributed by atoms with Crippen molar-refractivity contribution in [1.82, 2.24) is 0 Å². The van der Waals surface area contributed by atoms with Crippen LogP contribution in [0.15, 0.2) is 0 Å². The second-order valence-electron chi connectivity index (χ2n) is 0.415. The van der Waals surface area contributed by atoms with E-state index in [-0.39, 0.29) is 83.9 Å². The normalized spacial score (nSPS) is 8.29. The maximum Gasteiger partial charge on any atom is 2.00 e.